The van der Waals surface area contributed by atoms with Crippen molar-refractivity contribution in [3.8, 4) is 11.8 Å². The molecule has 2 rings (SSSR count). The fourth-order valence-electron chi connectivity index (χ4n) is 3.87. The quantitative estimate of drug-likeness (QED) is 0.272. The zero-order valence-electron chi connectivity index (χ0n) is 17.3. The summed E-state index contributed by atoms with van der Waals surface area (Å²) in [5.74, 6) is 4.75. The molecule has 0 amide bonds. The lowest BCUT2D eigenvalue weighted by molar-refractivity contribution is -0.782. The van der Waals surface area contributed by atoms with Crippen LogP contribution in [-0.2, 0) is 20.0 Å². The number of esters is 1. The standard InChI is InChI=1S/C22H30N2O5/c1-3-23(4-2)17-11-12-18-28-21(25)22(29-24(26)27,19-13-7-5-8-14-19)20-15-9-6-10-16-20/h5,7-8,13-14,20H,3-4,6,9-10,15-18H2,1-2H3. The molecule has 1 aromatic rings. The first-order chi connectivity index (χ1) is 14.0. The second-order valence-electron chi connectivity index (χ2n) is 7.14. The molecule has 1 aliphatic rings. The summed E-state index contributed by atoms with van der Waals surface area (Å²) >= 11 is 0. The van der Waals surface area contributed by atoms with Gasteiger partial charge in [-0.05, 0) is 31.5 Å². The maximum Gasteiger partial charge on any atom is 0.344 e. The van der Waals surface area contributed by atoms with Gasteiger partial charge in [-0.25, -0.2) is 4.79 Å². The van der Waals surface area contributed by atoms with E-state index in [9.17, 15) is 14.9 Å². The van der Waals surface area contributed by atoms with Gasteiger partial charge in [0.05, 0.1) is 6.54 Å². The highest BCUT2D eigenvalue weighted by Crippen LogP contribution is 2.43. The third-order valence-corrected chi connectivity index (χ3v) is 5.50. The highest BCUT2D eigenvalue weighted by Gasteiger charge is 2.52. The van der Waals surface area contributed by atoms with E-state index in [2.05, 4.69) is 30.6 Å². The van der Waals surface area contributed by atoms with Crippen molar-refractivity contribution in [3.63, 3.8) is 0 Å². The third kappa shape index (κ3) is 5.94. The largest absolute Gasteiger partial charge is 0.450 e. The van der Waals surface area contributed by atoms with E-state index in [1.54, 1.807) is 30.3 Å². The summed E-state index contributed by atoms with van der Waals surface area (Å²) in [7, 11) is 0. The molecule has 0 spiro atoms. The second kappa shape index (κ2) is 11.4. The average molecular weight is 402 g/mol. The smallest absolute Gasteiger partial charge is 0.344 e. The first kappa shape index (κ1) is 22.7. The van der Waals surface area contributed by atoms with Crippen molar-refractivity contribution in [1.29, 1.82) is 0 Å². The van der Waals surface area contributed by atoms with Crippen LogP contribution in [0.4, 0.5) is 0 Å². The minimum absolute atomic E-state index is 0.123. The fourth-order valence-corrected chi connectivity index (χ4v) is 3.87. The van der Waals surface area contributed by atoms with Crippen molar-refractivity contribution >= 4 is 5.97 Å². The highest BCUT2D eigenvalue weighted by molar-refractivity contribution is 5.82. The SMILES string of the molecule is CCN(CC)CC#CCOC(=O)C(O[N+](=O)[O-])(c1ccccc1)C1CCCCC1. The number of rotatable bonds is 9. The van der Waals surface area contributed by atoms with E-state index in [1.807, 2.05) is 0 Å². The lowest BCUT2D eigenvalue weighted by Crippen LogP contribution is -2.48. The molecule has 1 fully saturated rings. The van der Waals surface area contributed by atoms with Gasteiger partial charge in [0.25, 0.3) is 5.09 Å². The molecule has 0 bridgehead atoms. The Kier molecular flexibility index (Phi) is 8.94. The van der Waals surface area contributed by atoms with Crippen LogP contribution in [-0.4, -0.2) is 42.2 Å². The number of hydrogen-bond acceptors (Lipinski definition) is 6. The first-order valence-electron chi connectivity index (χ1n) is 10.3. The van der Waals surface area contributed by atoms with E-state index >= 15 is 0 Å². The molecule has 7 nitrogen and oxygen atoms in total. The van der Waals surface area contributed by atoms with Crippen molar-refractivity contribution in [2.24, 2.45) is 5.92 Å². The van der Waals surface area contributed by atoms with E-state index in [-0.39, 0.29) is 12.5 Å². The molecule has 0 saturated heterocycles. The maximum absolute atomic E-state index is 13.2. The van der Waals surface area contributed by atoms with Gasteiger partial charge >= 0.3 is 5.97 Å². The molecule has 1 atom stereocenters. The molecule has 0 N–H and O–H groups in total. The van der Waals surface area contributed by atoms with E-state index in [0.717, 1.165) is 32.4 Å². The predicted molar refractivity (Wildman–Crippen MR) is 109 cm³/mol. The Morgan fingerprint density at radius 3 is 2.41 bits per heavy atom. The zero-order chi connectivity index (χ0) is 21.1. The first-order valence-corrected chi connectivity index (χ1v) is 10.3. The van der Waals surface area contributed by atoms with E-state index in [1.165, 1.54) is 0 Å². The van der Waals surface area contributed by atoms with Crippen LogP contribution in [0.15, 0.2) is 30.3 Å². The Labute approximate surface area is 172 Å². The number of nitrogens with zero attached hydrogens (tertiary/aromatic N) is 2. The summed E-state index contributed by atoms with van der Waals surface area (Å²) < 4.78 is 5.40. The molecule has 1 saturated carbocycles. The molecule has 0 radical (unpaired) electrons. The van der Waals surface area contributed by atoms with Crippen LogP contribution < -0.4 is 0 Å². The molecule has 7 heteroatoms. The third-order valence-electron chi connectivity index (χ3n) is 5.50. The Morgan fingerprint density at radius 1 is 1.17 bits per heavy atom. The van der Waals surface area contributed by atoms with Crippen molar-refractivity contribution in [2.75, 3.05) is 26.2 Å². The van der Waals surface area contributed by atoms with Gasteiger partial charge in [0.15, 0.2) is 6.61 Å². The molecular weight excluding hydrogens is 372 g/mol. The molecule has 1 unspecified atom stereocenters. The van der Waals surface area contributed by atoms with Gasteiger partial charge in [0, 0.05) is 5.92 Å². The van der Waals surface area contributed by atoms with Crippen LogP contribution in [0.2, 0.25) is 0 Å². The van der Waals surface area contributed by atoms with Gasteiger partial charge in [-0.1, -0.05) is 75.3 Å². The molecule has 0 heterocycles. The van der Waals surface area contributed by atoms with Crippen LogP contribution in [0.3, 0.4) is 0 Å². The Hall–Kier alpha value is -2.59. The molecule has 1 aliphatic carbocycles. The van der Waals surface area contributed by atoms with Gasteiger partial charge in [0.2, 0.25) is 5.60 Å². The van der Waals surface area contributed by atoms with E-state index in [0.29, 0.717) is 24.9 Å². The van der Waals surface area contributed by atoms with Gasteiger partial charge in [-0.15, -0.1) is 10.1 Å². The van der Waals surface area contributed by atoms with Gasteiger partial charge < -0.3 is 4.74 Å². The minimum Gasteiger partial charge on any atom is -0.450 e. The van der Waals surface area contributed by atoms with Gasteiger partial charge in [-0.2, -0.15) is 0 Å². The van der Waals surface area contributed by atoms with Crippen LogP contribution in [0, 0.1) is 27.9 Å². The molecule has 0 aliphatic heterocycles. The molecule has 0 aromatic heterocycles. The van der Waals surface area contributed by atoms with Crippen LogP contribution in [0.25, 0.3) is 0 Å². The van der Waals surface area contributed by atoms with Crippen LogP contribution in [0.5, 0.6) is 0 Å². The second-order valence-corrected chi connectivity index (χ2v) is 7.14. The predicted octanol–water partition coefficient (Wildman–Crippen LogP) is 3.56. The van der Waals surface area contributed by atoms with Gasteiger partial charge in [-0.3, -0.25) is 9.74 Å². The summed E-state index contributed by atoms with van der Waals surface area (Å²) in [5, 5.41) is 10.5. The van der Waals surface area contributed by atoms with E-state index < -0.39 is 16.7 Å². The Bertz CT molecular complexity index is 718. The summed E-state index contributed by atoms with van der Waals surface area (Å²) in [6, 6.07) is 8.66. The maximum atomic E-state index is 13.2. The summed E-state index contributed by atoms with van der Waals surface area (Å²) in [5.41, 5.74) is -1.31. The van der Waals surface area contributed by atoms with Crippen molar-refractivity contribution in [3.05, 3.63) is 46.0 Å². The summed E-state index contributed by atoms with van der Waals surface area (Å²) in [6.07, 6.45) is 4.19. The fraction of sp³-hybridized carbons (Fsp3) is 0.591. The van der Waals surface area contributed by atoms with Crippen LogP contribution >= 0.6 is 0 Å². The molecular formula is C22H30N2O5. The Morgan fingerprint density at radius 2 is 1.83 bits per heavy atom. The molecule has 158 valence electrons. The summed E-state index contributed by atoms with van der Waals surface area (Å²) in [6.45, 7) is 6.35. The molecule has 1 aromatic carbocycles. The monoisotopic (exact) mass is 402 g/mol. The number of carbonyl (C=O) groups is 1. The van der Waals surface area contributed by atoms with Crippen molar-refractivity contribution in [1.82, 2.24) is 4.90 Å². The molecule has 29 heavy (non-hydrogen) atoms. The van der Waals surface area contributed by atoms with Crippen molar-refractivity contribution < 1.29 is 19.5 Å². The van der Waals surface area contributed by atoms with Crippen LogP contribution in [0.1, 0.15) is 51.5 Å². The number of ether oxygens (including phenoxy) is 1. The Balaban J connectivity index is 2.24. The lowest BCUT2D eigenvalue weighted by atomic mass is 9.73. The highest BCUT2D eigenvalue weighted by atomic mass is 17.0. The number of benzene rings is 1. The number of hydrogen-bond donors (Lipinski definition) is 0. The normalized spacial score (nSPS) is 16.4. The summed E-state index contributed by atoms with van der Waals surface area (Å²) in [4.78, 5) is 31.9. The van der Waals surface area contributed by atoms with Crippen molar-refractivity contribution in [2.45, 2.75) is 51.6 Å². The topological polar surface area (TPSA) is 81.9 Å². The zero-order valence-corrected chi connectivity index (χ0v) is 17.3. The van der Waals surface area contributed by atoms with Gasteiger partial charge in [0.1, 0.15) is 0 Å². The van der Waals surface area contributed by atoms with E-state index in [4.69, 9.17) is 9.57 Å². The minimum atomic E-state index is -1.76. The average Bonchev–Trinajstić information content (AvgIpc) is 2.75. The number of carbonyl (C=O) groups excluding carboxylic acids is 1. The lowest BCUT2D eigenvalue weighted by Gasteiger charge is -2.38.